The van der Waals surface area contributed by atoms with Crippen molar-refractivity contribution in [2.45, 2.75) is 17.1 Å². The van der Waals surface area contributed by atoms with E-state index in [2.05, 4.69) is 4.98 Å². The van der Waals surface area contributed by atoms with Crippen LogP contribution in [-0.4, -0.2) is 10.9 Å². The highest BCUT2D eigenvalue weighted by Crippen LogP contribution is 2.40. The van der Waals surface area contributed by atoms with Crippen LogP contribution < -0.4 is 4.90 Å². The Morgan fingerprint density at radius 2 is 1.48 bits per heavy atom. The summed E-state index contributed by atoms with van der Waals surface area (Å²) >= 11 is 3.04. The van der Waals surface area contributed by atoms with Gasteiger partial charge in [0.05, 0.1) is 11.4 Å². The maximum absolute atomic E-state index is 13.9. The van der Waals surface area contributed by atoms with Crippen LogP contribution in [0.15, 0.2) is 101 Å². The van der Waals surface area contributed by atoms with E-state index in [0.717, 1.165) is 21.8 Å². The minimum atomic E-state index is -0.386. The third kappa shape index (κ3) is 4.58. The summed E-state index contributed by atoms with van der Waals surface area (Å²) in [4.78, 5) is 21.3. The molecular weight excluding hydrogens is 396 g/mol. The molecule has 3 nitrogen and oxygen atoms in total. The van der Waals surface area contributed by atoms with Gasteiger partial charge in [-0.1, -0.05) is 66.7 Å². The quantitative estimate of drug-likeness (QED) is 0.330. The van der Waals surface area contributed by atoms with Gasteiger partial charge in [-0.25, -0.2) is 4.98 Å². The lowest BCUT2D eigenvalue weighted by Gasteiger charge is -2.25. The molecule has 3 aromatic carbocycles. The molecule has 0 aliphatic heterocycles. The Labute approximate surface area is 179 Å². The lowest BCUT2D eigenvalue weighted by atomic mass is 10.1. The molecule has 0 aliphatic rings. The van der Waals surface area contributed by atoms with E-state index >= 15 is 0 Å². The van der Waals surface area contributed by atoms with E-state index < -0.39 is 0 Å². The van der Waals surface area contributed by atoms with Crippen LogP contribution in [0.2, 0.25) is 0 Å². The molecule has 4 rings (SSSR count). The van der Waals surface area contributed by atoms with Crippen LogP contribution in [0.3, 0.4) is 0 Å². The van der Waals surface area contributed by atoms with Gasteiger partial charge in [-0.2, -0.15) is 0 Å². The van der Waals surface area contributed by atoms with Crippen LogP contribution >= 0.6 is 23.1 Å². The Balaban J connectivity index is 1.77. The van der Waals surface area contributed by atoms with Crippen molar-refractivity contribution in [1.82, 2.24) is 4.98 Å². The van der Waals surface area contributed by atoms with E-state index in [0.29, 0.717) is 5.13 Å². The monoisotopic (exact) mass is 416 g/mol. The van der Waals surface area contributed by atoms with Crippen LogP contribution in [0, 0.1) is 6.92 Å². The lowest BCUT2D eigenvalue weighted by molar-refractivity contribution is -0.117. The standard InChI is InChI=1S/C24H20N2OS2/c1-18-17-28-24(25-18)26(20-13-7-3-8-14-20)23(27)22(19-11-5-2-6-12-19)29-21-15-9-4-10-16-21/h2-17,22H,1H3/t22-/m0/s1. The summed E-state index contributed by atoms with van der Waals surface area (Å²) in [6.45, 7) is 1.95. The molecule has 0 spiro atoms. The summed E-state index contributed by atoms with van der Waals surface area (Å²) in [6, 6.07) is 29.7. The molecule has 0 aliphatic carbocycles. The van der Waals surface area contributed by atoms with Crippen LogP contribution in [0.25, 0.3) is 0 Å². The van der Waals surface area contributed by atoms with Crippen molar-refractivity contribution >= 4 is 39.8 Å². The second kappa shape index (κ2) is 9.07. The summed E-state index contributed by atoms with van der Waals surface area (Å²) < 4.78 is 0. The molecule has 0 saturated heterocycles. The van der Waals surface area contributed by atoms with Gasteiger partial charge in [-0.15, -0.1) is 23.1 Å². The van der Waals surface area contributed by atoms with Crippen molar-refractivity contribution in [1.29, 1.82) is 0 Å². The number of hydrogen-bond donors (Lipinski definition) is 0. The first-order valence-corrected chi connectivity index (χ1v) is 11.1. The number of thiazole rings is 1. The smallest absolute Gasteiger partial charge is 0.251 e. The topological polar surface area (TPSA) is 33.2 Å². The second-order valence-corrected chi connectivity index (χ2v) is 8.52. The predicted octanol–water partition coefficient (Wildman–Crippen LogP) is 6.65. The Morgan fingerprint density at radius 3 is 2.07 bits per heavy atom. The zero-order valence-electron chi connectivity index (χ0n) is 15.9. The van der Waals surface area contributed by atoms with Gasteiger partial charge >= 0.3 is 0 Å². The average molecular weight is 417 g/mol. The molecule has 0 saturated carbocycles. The molecule has 0 radical (unpaired) electrons. The molecule has 5 heteroatoms. The Bertz CT molecular complexity index is 1070. The van der Waals surface area contributed by atoms with Crippen molar-refractivity contribution < 1.29 is 4.79 Å². The van der Waals surface area contributed by atoms with Crippen molar-refractivity contribution in [3.8, 4) is 0 Å². The summed E-state index contributed by atoms with van der Waals surface area (Å²) in [5.74, 6) is -0.00870. The summed E-state index contributed by atoms with van der Waals surface area (Å²) in [7, 11) is 0. The second-order valence-electron chi connectivity index (χ2n) is 6.50. The molecule has 1 aromatic heterocycles. The van der Waals surface area contributed by atoms with E-state index in [1.54, 1.807) is 16.7 Å². The summed E-state index contributed by atoms with van der Waals surface area (Å²) in [6.07, 6.45) is 0. The van der Waals surface area contributed by atoms with Gasteiger partial charge in [0.15, 0.2) is 5.13 Å². The van der Waals surface area contributed by atoms with Crippen LogP contribution in [0.1, 0.15) is 16.5 Å². The molecule has 1 amide bonds. The average Bonchev–Trinajstić information content (AvgIpc) is 3.20. The van der Waals surface area contributed by atoms with E-state index in [9.17, 15) is 4.79 Å². The van der Waals surface area contributed by atoms with Crippen molar-refractivity contribution in [3.05, 3.63) is 108 Å². The molecular formula is C24H20N2OS2. The molecule has 1 heterocycles. The molecule has 0 N–H and O–H groups in total. The van der Waals surface area contributed by atoms with Gasteiger partial charge in [0.2, 0.25) is 0 Å². The summed E-state index contributed by atoms with van der Waals surface area (Å²) in [5.41, 5.74) is 2.70. The number of thioether (sulfide) groups is 1. The number of para-hydroxylation sites is 1. The maximum atomic E-state index is 13.9. The first-order chi connectivity index (χ1) is 14.2. The van der Waals surface area contributed by atoms with E-state index in [1.165, 1.54) is 11.3 Å². The number of carbonyl (C=O) groups excluding carboxylic acids is 1. The molecule has 1 atom stereocenters. The Morgan fingerprint density at radius 1 is 0.897 bits per heavy atom. The molecule has 0 bridgehead atoms. The number of hydrogen-bond acceptors (Lipinski definition) is 4. The highest BCUT2D eigenvalue weighted by atomic mass is 32.2. The molecule has 144 valence electrons. The minimum absolute atomic E-state index is 0.00870. The third-order valence-corrected chi connectivity index (χ3v) is 6.55. The van der Waals surface area contributed by atoms with Gasteiger partial charge in [0.1, 0.15) is 5.25 Å². The molecule has 29 heavy (non-hydrogen) atoms. The number of amides is 1. The molecule has 0 unspecified atom stereocenters. The van der Waals surface area contributed by atoms with Crippen molar-refractivity contribution in [2.75, 3.05) is 4.90 Å². The first-order valence-electron chi connectivity index (χ1n) is 9.30. The fourth-order valence-electron chi connectivity index (χ4n) is 2.99. The largest absolute Gasteiger partial charge is 0.272 e. The highest BCUT2D eigenvalue weighted by Gasteiger charge is 2.30. The van der Waals surface area contributed by atoms with E-state index in [-0.39, 0.29) is 11.2 Å². The number of nitrogens with zero attached hydrogens (tertiary/aromatic N) is 2. The first kappa shape index (κ1) is 19.4. The number of aryl methyl sites for hydroxylation is 1. The molecule has 4 aromatic rings. The van der Waals surface area contributed by atoms with E-state index in [4.69, 9.17) is 0 Å². The normalized spacial score (nSPS) is 11.8. The predicted molar refractivity (Wildman–Crippen MR) is 122 cm³/mol. The van der Waals surface area contributed by atoms with Gasteiger partial charge in [-0.3, -0.25) is 9.69 Å². The Hall–Kier alpha value is -2.89. The number of rotatable bonds is 6. The Kier molecular flexibility index (Phi) is 6.08. The van der Waals surface area contributed by atoms with Crippen LogP contribution in [-0.2, 0) is 4.79 Å². The van der Waals surface area contributed by atoms with Crippen molar-refractivity contribution in [3.63, 3.8) is 0 Å². The fraction of sp³-hybridized carbons (Fsp3) is 0.0833. The van der Waals surface area contributed by atoms with Gasteiger partial charge in [0.25, 0.3) is 5.91 Å². The minimum Gasteiger partial charge on any atom is -0.272 e. The van der Waals surface area contributed by atoms with Crippen LogP contribution in [0.5, 0.6) is 0 Å². The van der Waals surface area contributed by atoms with Gasteiger partial charge in [0, 0.05) is 10.3 Å². The molecule has 0 fully saturated rings. The number of benzene rings is 3. The zero-order valence-corrected chi connectivity index (χ0v) is 17.6. The number of carbonyl (C=O) groups is 1. The van der Waals surface area contributed by atoms with Crippen LogP contribution in [0.4, 0.5) is 10.8 Å². The zero-order chi connectivity index (χ0) is 20.1. The fourth-order valence-corrected chi connectivity index (χ4v) is 4.91. The maximum Gasteiger partial charge on any atom is 0.251 e. The third-order valence-electron chi connectivity index (χ3n) is 4.36. The summed E-state index contributed by atoms with van der Waals surface area (Å²) in [5, 5.41) is 2.27. The van der Waals surface area contributed by atoms with Gasteiger partial charge < -0.3 is 0 Å². The van der Waals surface area contributed by atoms with Crippen molar-refractivity contribution in [2.24, 2.45) is 0 Å². The lowest BCUT2D eigenvalue weighted by Crippen LogP contribution is -2.30. The van der Waals surface area contributed by atoms with E-state index in [1.807, 2.05) is 103 Å². The number of aromatic nitrogens is 1. The number of anilines is 2. The van der Waals surface area contributed by atoms with Gasteiger partial charge in [-0.05, 0) is 36.8 Å². The SMILES string of the molecule is Cc1csc(N(C(=O)[C@@H](Sc2ccccc2)c2ccccc2)c2ccccc2)n1. The highest BCUT2D eigenvalue weighted by molar-refractivity contribution is 8.00.